The van der Waals surface area contributed by atoms with Crippen molar-refractivity contribution >= 4 is 15.9 Å². The fraction of sp³-hybridized carbons (Fsp3) is 0.500. The summed E-state index contributed by atoms with van der Waals surface area (Å²) in [6.45, 7) is 3.90. The van der Waals surface area contributed by atoms with Crippen LogP contribution >= 0.6 is 0 Å². The summed E-state index contributed by atoms with van der Waals surface area (Å²) in [6.07, 6.45) is 0. The molecule has 3 N–H and O–H groups in total. The minimum atomic E-state index is -3.42. The zero-order chi connectivity index (χ0) is 16.2. The fourth-order valence-electron chi connectivity index (χ4n) is 1.58. The van der Waals surface area contributed by atoms with Gasteiger partial charge in [0.25, 0.3) is 0 Å². The van der Waals surface area contributed by atoms with E-state index >= 15 is 0 Å². The van der Waals surface area contributed by atoms with E-state index in [4.69, 9.17) is 5.73 Å². The number of rotatable bonds is 6. The SMILES string of the molecule is CC(N)C(C)C(=O)NCc1ccc(S(=O)(=O)N(C)C)cc1. The molecule has 1 aromatic carbocycles. The lowest BCUT2D eigenvalue weighted by atomic mass is 10.0. The van der Waals surface area contributed by atoms with Crippen LogP contribution in [0.15, 0.2) is 29.2 Å². The van der Waals surface area contributed by atoms with Crippen LogP contribution < -0.4 is 11.1 Å². The number of hydrogen-bond acceptors (Lipinski definition) is 4. The molecule has 0 aliphatic rings. The number of carbonyl (C=O) groups excluding carboxylic acids is 1. The molecule has 0 saturated carbocycles. The van der Waals surface area contributed by atoms with Gasteiger partial charge in [-0.3, -0.25) is 4.79 Å². The average Bonchev–Trinajstić information content (AvgIpc) is 2.44. The molecule has 0 fully saturated rings. The van der Waals surface area contributed by atoms with Gasteiger partial charge in [0, 0.05) is 32.6 Å². The van der Waals surface area contributed by atoms with Gasteiger partial charge >= 0.3 is 0 Å². The van der Waals surface area contributed by atoms with E-state index in [1.165, 1.54) is 26.2 Å². The molecule has 0 heterocycles. The van der Waals surface area contributed by atoms with E-state index < -0.39 is 10.0 Å². The number of carbonyl (C=O) groups is 1. The molecule has 0 radical (unpaired) electrons. The van der Waals surface area contributed by atoms with E-state index in [-0.39, 0.29) is 22.8 Å². The van der Waals surface area contributed by atoms with Crippen LogP contribution in [0.3, 0.4) is 0 Å². The Bertz CT molecular complexity index is 580. The molecule has 0 aliphatic heterocycles. The van der Waals surface area contributed by atoms with Crippen molar-refractivity contribution in [2.24, 2.45) is 11.7 Å². The standard InChI is InChI=1S/C14H23N3O3S/c1-10(11(2)15)14(18)16-9-12-5-7-13(8-6-12)21(19,20)17(3)4/h5-8,10-11H,9,15H2,1-4H3,(H,16,18). The molecule has 0 bridgehead atoms. The van der Waals surface area contributed by atoms with Crippen LogP contribution in [0.5, 0.6) is 0 Å². The highest BCUT2D eigenvalue weighted by atomic mass is 32.2. The fourth-order valence-corrected chi connectivity index (χ4v) is 2.48. The molecule has 0 spiro atoms. The summed E-state index contributed by atoms with van der Waals surface area (Å²) < 4.78 is 25.0. The number of benzene rings is 1. The Morgan fingerprint density at radius 3 is 2.19 bits per heavy atom. The lowest BCUT2D eigenvalue weighted by molar-refractivity contribution is -0.125. The number of amides is 1. The van der Waals surface area contributed by atoms with Gasteiger partial charge in [-0.2, -0.15) is 0 Å². The van der Waals surface area contributed by atoms with Crippen LogP contribution in [-0.4, -0.2) is 38.8 Å². The number of sulfonamides is 1. The van der Waals surface area contributed by atoms with Crippen molar-refractivity contribution in [1.29, 1.82) is 0 Å². The highest BCUT2D eigenvalue weighted by Gasteiger charge is 2.18. The van der Waals surface area contributed by atoms with Crippen LogP contribution in [0.2, 0.25) is 0 Å². The quantitative estimate of drug-likeness (QED) is 0.801. The minimum Gasteiger partial charge on any atom is -0.352 e. The zero-order valence-corrected chi connectivity index (χ0v) is 13.6. The topological polar surface area (TPSA) is 92.5 Å². The number of hydrogen-bond donors (Lipinski definition) is 2. The molecule has 0 aliphatic carbocycles. The molecule has 1 amide bonds. The Kier molecular flexibility index (Phi) is 5.88. The third kappa shape index (κ3) is 4.52. The summed E-state index contributed by atoms with van der Waals surface area (Å²) in [6, 6.07) is 6.23. The Balaban J connectivity index is 2.71. The summed E-state index contributed by atoms with van der Waals surface area (Å²) >= 11 is 0. The van der Waals surface area contributed by atoms with Crippen molar-refractivity contribution < 1.29 is 13.2 Å². The summed E-state index contributed by atoms with van der Waals surface area (Å²) in [5.74, 6) is -0.381. The molecule has 2 unspecified atom stereocenters. The second kappa shape index (κ2) is 7.02. The number of nitrogens with two attached hydrogens (primary N) is 1. The lowest BCUT2D eigenvalue weighted by Crippen LogP contribution is -2.38. The Labute approximate surface area is 126 Å². The van der Waals surface area contributed by atoms with E-state index in [9.17, 15) is 13.2 Å². The van der Waals surface area contributed by atoms with E-state index in [0.717, 1.165) is 9.87 Å². The molecule has 1 rings (SSSR count). The predicted octanol–water partition coefficient (Wildman–Crippen LogP) is 0.536. The van der Waals surface area contributed by atoms with Gasteiger partial charge in [0.05, 0.1) is 4.90 Å². The van der Waals surface area contributed by atoms with Crippen molar-refractivity contribution in [1.82, 2.24) is 9.62 Å². The molecular formula is C14H23N3O3S. The van der Waals surface area contributed by atoms with Gasteiger partial charge in [-0.25, -0.2) is 12.7 Å². The van der Waals surface area contributed by atoms with Crippen molar-refractivity contribution in [3.63, 3.8) is 0 Å². The van der Waals surface area contributed by atoms with Gasteiger partial charge in [-0.15, -0.1) is 0 Å². The molecule has 7 heteroatoms. The van der Waals surface area contributed by atoms with Crippen LogP contribution in [0.1, 0.15) is 19.4 Å². The second-order valence-electron chi connectivity index (χ2n) is 5.30. The van der Waals surface area contributed by atoms with Gasteiger partial charge in [0.2, 0.25) is 15.9 Å². The van der Waals surface area contributed by atoms with Crippen LogP contribution in [0.25, 0.3) is 0 Å². The summed E-state index contributed by atoms with van der Waals surface area (Å²) in [4.78, 5) is 12.0. The van der Waals surface area contributed by atoms with Crippen LogP contribution in [0, 0.1) is 5.92 Å². The first-order valence-corrected chi connectivity index (χ1v) is 8.15. The lowest BCUT2D eigenvalue weighted by Gasteiger charge is -2.15. The Morgan fingerprint density at radius 1 is 1.24 bits per heavy atom. The van der Waals surface area contributed by atoms with Gasteiger partial charge < -0.3 is 11.1 Å². The normalized spacial score (nSPS) is 14.8. The average molecular weight is 313 g/mol. The van der Waals surface area contributed by atoms with Crippen LogP contribution in [0.4, 0.5) is 0 Å². The highest BCUT2D eigenvalue weighted by molar-refractivity contribution is 7.89. The van der Waals surface area contributed by atoms with E-state index in [0.29, 0.717) is 6.54 Å². The van der Waals surface area contributed by atoms with E-state index in [1.807, 2.05) is 0 Å². The Morgan fingerprint density at radius 2 is 1.76 bits per heavy atom. The summed E-state index contributed by atoms with van der Waals surface area (Å²) in [5.41, 5.74) is 6.50. The first-order chi connectivity index (χ1) is 9.66. The molecule has 1 aromatic rings. The molecule has 2 atom stereocenters. The maximum absolute atomic E-state index is 11.9. The van der Waals surface area contributed by atoms with E-state index in [2.05, 4.69) is 5.32 Å². The third-order valence-electron chi connectivity index (χ3n) is 3.37. The molecule has 0 aromatic heterocycles. The van der Waals surface area contributed by atoms with Crippen molar-refractivity contribution in [2.45, 2.75) is 31.3 Å². The van der Waals surface area contributed by atoms with Crippen molar-refractivity contribution in [3.8, 4) is 0 Å². The summed E-state index contributed by atoms with van der Waals surface area (Å²) in [7, 11) is -0.450. The summed E-state index contributed by atoms with van der Waals surface area (Å²) in [5, 5.41) is 2.78. The first kappa shape index (κ1) is 17.6. The third-order valence-corrected chi connectivity index (χ3v) is 5.20. The number of nitrogens with zero attached hydrogens (tertiary/aromatic N) is 1. The second-order valence-corrected chi connectivity index (χ2v) is 7.45. The van der Waals surface area contributed by atoms with Gasteiger partial charge in [0.1, 0.15) is 0 Å². The monoisotopic (exact) mass is 313 g/mol. The maximum Gasteiger partial charge on any atom is 0.242 e. The molecular weight excluding hydrogens is 290 g/mol. The predicted molar refractivity (Wildman–Crippen MR) is 82.0 cm³/mol. The van der Waals surface area contributed by atoms with E-state index in [1.54, 1.807) is 26.0 Å². The number of nitrogens with one attached hydrogen (secondary N) is 1. The van der Waals surface area contributed by atoms with Crippen LogP contribution in [-0.2, 0) is 21.4 Å². The molecule has 0 saturated heterocycles. The minimum absolute atomic E-state index is 0.116. The van der Waals surface area contributed by atoms with Gasteiger partial charge in [0.15, 0.2) is 0 Å². The molecule has 118 valence electrons. The van der Waals surface area contributed by atoms with Gasteiger partial charge in [-0.05, 0) is 24.6 Å². The van der Waals surface area contributed by atoms with Crippen molar-refractivity contribution in [2.75, 3.05) is 14.1 Å². The first-order valence-electron chi connectivity index (χ1n) is 6.71. The smallest absolute Gasteiger partial charge is 0.242 e. The maximum atomic E-state index is 11.9. The molecule has 21 heavy (non-hydrogen) atoms. The largest absolute Gasteiger partial charge is 0.352 e. The zero-order valence-electron chi connectivity index (χ0n) is 12.8. The Hall–Kier alpha value is -1.44. The van der Waals surface area contributed by atoms with Crippen molar-refractivity contribution in [3.05, 3.63) is 29.8 Å². The highest BCUT2D eigenvalue weighted by Crippen LogP contribution is 2.14. The molecule has 6 nitrogen and oxygen atoms in total. The van der Waals surface area contributed by atoms with Gasteiger partial charge in [-0.1, -0.05) is 19.1 Å².